The highest BCUT2D eigenvalue weighted by Crippen LogP contribution is 2.40. The first-order chi connectivity index (χ1) is 15.9. The first-order valence-corrected chi connectivity index (χ1v) is 12.1. The first-order valence-electron chi connectivity index (χ1n) is 12.1. The zero-order chi connectivity index (χ0) is 24.0. The molecule has 0 saturated heterocycles. The van der Waals surface area contributed by atoms with Crippen LogP contribution in [0, 0.1) is 11.8 Å². The molecule has 0 radical (unpaired) electrons. The molecule has 2 aliphatic carbocycles. The lowest BCUT2D eigenvalue weighted by Gasteiger charge is -2.40. The molecule has 9 nitrogen and oxygen atoms in total. The summed E-state index contributed by atoms with van der Waals surface area (Å²) in [5, 5.41) is 15.5. The summed E-state index contributed by atoms with van der Waals surface area (Å²) < 4.78 is 22.8. The largest absolute Gasteiger partial charge is 0.481 e. The average molecular weight is 469 g/mol. The van der Waals surface area contributed by atoms with Crippen molar-refractivity contribution in [3.63, 3.8) is 0 Å². The smallest absolute Gasteiger partial charge is 0.303 e. The lowest BCUT2D eigenvalue weighted by molar-refractivity contribution is -0.138. The predicted molar refractivity (Wildman–Crippen MR) is 122 cm³/mol. The summed E-state index contributed by atoms with van der Waals surface area (Å²) in [6.45, 7) is 0. The molecule has 2 saturated carbocycles. The number of nitrogens with zero attached hydrogens (tertiary/aromatic N) is 2. The third-order valence-electron chi connectivity index (χ3n) is 7.73. The van der Waals surface area contributed by atoms with E-state index in [1.165, 1.54) is 0 Å². The second-order valence-corrected chi connectivity index (χ2v) is 9.52. The van der Waals surface area contributed by atoms with Crippen molar-refractivity contribution < 1.29 is 33.6 Å². The maximum atomic E-state index is 13.2. The minimum Gasteiger partial charge on any atom is -0.481 e. The van der Waals surface area contributed by atoms with Crippen LogP contribution in [0.25, 0.3) is 0 Å². The van der Waals surface area contributed by atoms with Gasteiger partial charge in [0.15, 0.2) is 0 Å². The third-order valence-corrected chi connectivity index (χ3v) is 7.73. The summed E-state index contributed by atoms with van der Waals surface area (Å²) in [6.07, 6.45) is 6.76. The van der Waals surface area contributed by atoms with Gasteiger partial charge in [0, 0.05) is 65.2 Å². The molecule has 0 aromatic carbocycles. The van der Waals surface area contributed by atoms with Gasteiger partial charge in [-0.2, -0.15) is 5.10 Å². The van der Waals surface area contributed by atoms with Crippen LogP contribution in [0.4, 0.5) is 0 Å². The number of amides is 1. The van der Waals surface area contributed by atoms with Gasteiger partial charge in [0.05, 0.1) is 30.5 Å². The normalized spacial score (nSPS) is 34.8. The maximum Gasteiger partial charge on any atom is 0.303 e. The number of aliphatic carboxylic acids is 1. The Labute approximate surface area is 196 Å². The van der Waals surface area contributed by atoms with Crippen molar-refractivity contribution in [2.75, 3.05) is 28.4 Å². The Balaban J connectivity index is 1.79. The van der Waals surface area contributed by atoms with Gasteiger partial charge in [-0.05, 0) is 44.9 Å². The van der Waals surface area contributed by atoms with Crippen molar-refractivity contribution in [1.29, 1.82) is 0 Å². The minimum atomic E-state index is -0.889. The molecule has 2 fully saturated rings. The average Bonchev–Trinajstić information content (AvgIpc) is 3.28. The molecule has 3 aliphatic rings. The van der Waals surface area contributed by atoms with Crippen LogP contribution in [0.3, 0.4) is 0 Å². The first kappa shape index (κ1) is 26.1. The fraction of sp³-hybridized carbons (Fsp3) is 0.875. The van der Waals surface area contributed by atoms with Crippen LogP contribution in [-0.4, -0.2) is 86.6 Å². The number of carboxylic acids is 1. The van der Waals surface area contributed by atoms with E-state index in [9.17, 15) is 9.59 Å². The van der Waals surface area contributed by atoms with Crippen LogP contribution in [0.15, 0.2) is 5.10 Å². The molecule has 7 unspecified atom stereocenters. The van der Waals surface area contributed by atoms with Gasteiger partial charge < -0.3 is 24.1 Å². The zero-order valence-corrected chi connectivity index (χ0v) is 20.4. The van der Waals surface area contributed by atoms with Gasteiger partial charge in [-0.1, -0.05) is 0 Å². The summed E-state index contributed by atoms with van der Waals surface area (Å²) in [6, 6.07) is -0.0960. The number of hydrogen-bond donors (Lipinski definition) is 1. The number of hydrogen-bond acceptors (Lipinski definition) is 7. The van der Waals surface area contributed by atoms with Crippen LogP contribution in [0.1, 0.15) is 64.2 Å². The Morgan fingerprint density at radius 1 is 0.909 bits per heavy atom. The van der Waals surface area contributed by atoms with Gasteiger partial charge in [-0.3, -0.25) is 9.59 Å². The Morgan fingerprint density at radius 2 is 1.61 bits per heavy atom. The molecule has 1 aliphatic heterocycles. The number of hydrazone groups is 1. The van der Waals surface area contributed by atoms with Crippen molar-refractivity contribution in [1.82, 2.24) is 5.01 Å². The molecule has 1 N–H and O–H groups in total. The fourth-order valence-electron chi connectivity index (χ4n) is 5.85. The van der Waals surface area contributed by atoms with Crippen molar-refractivity contribution >= 4 is 17.6 Å². The molecule has 0 aromatic heterocycles. The van der Waals surface area contributed by atoms with Gasteiger partial charge in [-0.25, -0.2) is 5.01 Å². The maximum absolute atomic E-state index is 13.2. The van der Waals surface area contributed by atoms with E-state index in [1.54, 1.807) is 33.4 Å². The monoisotopic (exact) mass is 468 g/mol. The van der Waals surface area contributed by atoms with E-state index >= 15 is 0 Å². The van der Waals surface area contributed by atoms with E-state index in [0.29, 0.717) is 12.8 Å². The van der Waals surface area contributed by atoms with Crippen molar-refractivity contribution in [2.24, 2.45) is 16.9 Å². The Kier molecular flexibility index (Phi) is 9.67. The highest BCUT2D eigenvalue weighted by atomic mass is 16.5. The van der Waals surface area contributed by atoms with Gasteiger partial charge in [-0.15, -0.1) is 0 Å². The highest BCUT2D eigenvalue weighted by molar-refractivity contribution is 5.92. The van der Waals surface area contributed by atoms with E-state index in [4.69, 9.17) is 29.2 Å². The highest BCUT2D eigenvalue weighted by Gasteiger charge is 2.45. The zero-order valence-electron chi connectivity index (χ0n) is 20.4. The van der Waals surface area contributed by atoms with E-state index < -0.39 is 5.97 Å². The van der Waals surface area contributed by atoms with Crippen LogP contribution >= 0.6 is 0 Å². The van der Waals surface area contributed by atoms with Gasteiger partial charge >= 0.3 is 5.97 Å². The van der Waals surface area contributed by atoms with Crippen molar-refractivity contribution in [3.05, 3.63) is 0 Å². The van der Waals surface area contributed by atoms with E-state index in [1.807, 2.05) is 0 Å². The van der Waals surface area contributed by atoms with E-state index in [2.05, 4.69) is 0 Å². The molecule has 3 rings (SSSR count). The number of methoxy groups -OCH3 is 4. The second kappa shape index (κ2) is 12.2. The molecule has 0 aromatic rings. The number of carboxylic acid groups (broad SMARTS) is 1. The van der Waals surface area contributed by atoms with Crippen LogP contribution < -0.4 is 0 Å². The lowest BCUT2D eigenvalue weighted by atomic mass is 9.75. The SMILES string of the molecule is COC1CCC(OC)C(C2CC(C3CCC(OC)C(OC)C3)=NN2C(=O)CCCC(=O)O)C1. The molecule has 7 atom stereocenters. The molecule has 33 heavy (non-hydrogen) atoms. The quantitative estimate of drug-likeness (QED) is 0.525. The number of ether oxygens (including phenoxy) is 4. The molecule has 0 spiro atoms. The molecule has 9 heteroatoms. The van der Waals surface area contributed by atoms with Gasteiger partial charge in [0.25, 0.3) is 0 Å². The number of carbonyl (C=O) groups excluding carboxylic acids is 1. The second-order valence-electron chi connectivity index (χ2n) is 9.52. The standard InChI is InChI=1S/C24H40N2O7/c1-30-16-9-11-20(31-2)17(13-16)19-14-18(15-8-10-21(32-3)22(12-15)33-4)25-26(19)23(27)6-5-7-24(28)29/h15-17,19-22H,5-14H2,1-4H3,(H,28,29). The lowest BCUT2D eigenvalue weighted by Crippen LogP contribution is -2.47. The third kappa shape index (κ3) is 6.32. The molecule has 1 amide bonds. The molecular weight excluding hydrogens is 428 g/mol. The predicted octanol–water partition coefficient (Wildman–Crippen LogP) is 2.86. The molecule has 1 heterocycles. The Morgan fingerprint density at radius 3 is 2.24 bits per heavy atom. The Bertz CT molecular complexity index is 700. The molecule has 0 bridgehead atoms. The van der Waals surface area contributed by atoms with E-state index in [0.717, 1.165) is 44.2 Å². The summed E-state index contributed by atoms with van der Waals surface area (Å²) >= 11 is 0. The van der Waals surface area contributed by atoms with Crippen LogP contribution in [0.5, 0.6) is 0 Å². The van der Waals surface area contributed by atoms with E-state index in [-0.39, 0.29) is 61.0 Å². The van der Waals surface area contributed by atoms with Crippen LogP contribution in [0.2, 0.25) is 0 Å². The van der Waals surface area contributed by atoms with Crippen LogP contribution in [-0.2, 0) is 28.5 Å². The van der Waals surface area contributed by atoms with Gasteiger partial charge in [0.1, 0.15) is 0 Å². The van der Waals surface area contributed by atoms with Gasteiger partial charge in [0.2, 0.25) is 5.91 Å². The topological polar surface area (TPSA) is 107 Å². The molecular formula is C24H40N2O7. The Hall–Kier alpha value is -1.55. The summed E-state index contributed by atoms with van der Waals surface area (Å²) in [4.78, 5) is 24.1. The van der Waals surface area contributed by atoms with Crippen molar-refractivity contribution in [2.45, 2.75) is 94.7 Å². The van der Waals surface area contributed by atoms with Crippen molar-refractivity contribution in [3.8, 4) is 0 Å². The number of carbonyl (C=O) groups is 2. The number of rotatable bonds is 10. The fourth-order valence-corrected chi connectivity index (χ4v) is 5.85. The minimum absolute atomic E-state index is 0.00879. The summed E-state index contributed by atoms with van der Waals surface area (Å²) in [7, 11) is 6.90. The summed E-state index contributed by atoms with van der Waals surface area (Å²) in [5.41, 5.74) is 1.04. The summed E-state index contributed by atoms with van der Waals surface area (Å²) in [5.74, 6) is -0.643. The molecule has 188 valence electrons.